The number of rotatable bonds is 6. The molecule has 0 spiro atoms. The zero-order valence-corrected chi connectivity index (χ0v) is 11.4. The Morgan fingerprint density at radius 3 is 2.33 bits per heavy atom. The summed E-state index contributed by atoms with van der Waals surface area (Å²) in [6.45, 7) is 0.722. The second-order valence-corrected chi connectivity index (χ2v) is 5.18. The predicted octanol–water partition coefficient (Wildman–Crippen LogP) is 1.18. The summed E-state index contributed by atoms with van der Waals surface area (Å²) in [6, 6.07) is 0.374. The van der Waals surface area contributed by atoms with Crippen LogP contribution < -0.4 is 0 Å². The predicted molar refractivity (Wildman–Crippen MR) is 69.4 cm³/mol. The molecule has 0 heterocycles. The van der Waals surface area contributed by atoms with Gasteiger partial charge in [0.2, 0.25) is 5.91 Å². The molecule has 0 unspecified atom stereocenters. The molecule has 0 atom stereocenters. The van der Waals surface area contributed by atoms with Crippen molar-refractivity contribution in [2.75, 3.05) is 27.2 Å². The molecule has 18 heavy (non-hydrogen) atoms. The van der Waals surface area contributed by atoms with Crippen LogP contribution in [0.1, 0.15) is 38.5 Å². The van der Waals surface area contributed by atoms with Gasteiger partial charge in [0.05, 0.1) is 13.0 Å². The Hall–Kier alpha value is -1.10. The molecule has 0 radical (unpaired) electrons. The van der Waals surface area contributed by atoms with Crippen LogP contribution in [0.4, 0.5) is 0 Å². The molecule has 0 aromatic carbocycles. The van der Waals surface area contributed by atoms with Crippen LogP contribution >= 0.6 is 0 Å². The van der Waals surface area contributed by atoms with E-state index in [1.807, 2.05) is 11.9 Å². The fourth-order valence-corrected chi connectivity index (χ4v) is 2.38. The van der Waals surface area contributed by atoms with Crippen LogP contribution in [0.15, 0.2) is 0 Å². The highest BCUT2D eigenvalue weighted by molar-refractivity contribution is 5.78. The van der Waals surface area contributed by atoms with Gasteiger partial charge < -0.3 is 10.0 Å². The van der Waals surface area contributed by atoms with Gasteiger partial charge in [0.15, 0.2) is 0 Å². The van der Waals surface area contributed by atoms with Gasteiger partial charge >= 0.3 is 5.97 Å². The number of carboxylic acids is 1. The van der Waals surface area contributed by atoms with Crippen molar-refractivity contribution in [3.8, 4) is 0 Å². The lowest BCUT2D eigenvalue weighted by molar-refractivity contribution is -0.138. The Bertz CT molecular complexity index is 288. The number of nitrogens with zero attached hydrogens (tertiary/aromatic N) is 2. The van der Waals surface area contributed by atoms with Gasteiger partial charge in [0, 0.05) is 19.6 Å². The molecular formula is C13H24N2O3. The van der Waals surface area contributed by atoms with E-state index >= 15 is 0 Å². The highest BCUT2D eigenvalue weighted by Crippen LogP contribution is 2.21. The summed E-state index contributed by atoms with van der Waals surface area (Å²) in [5.41, 5.74) is 0. The Morgan fingerprint density at radius 2 is 1.78 bits per heavy atom. The first-order valence-corrected chi connectivity index (χ1v) is 6.66. The lowest BCUT2D eigenvalue weighted by Crippen LogP contribution is -2.43. The van der Waals surface area contributed by atoms with Crippen LogP contribution in [0.2, 0.25) is 0 Å². The number of hydrogen-bond donors (Lipinski definition) is 1. The number of carbonyl (C=O) groups is 2. The highest BCUT2D eigenvalue weighted by atomic mass is 16.4. The molecule has 104 valence electrons. The van der Waals surface area contributed by atoms with Gasteiger partial charge in [0.1, 0.15) is 0 Å². The van der Waals surface area contributed by atoms with Crippen LogP contribution in [-0.4, -0.2) is 60.0 Å². The average Bonchev–Trinajstić information content (AvgIpc) is 2.36. The van der Waals surface area contributed by atoms with Crippen LogP contribution in [-0.2, 0) is 9.59 Å². The maximum atomic E-state index is 12.0. The van der Waals surface area contributed by atoms with Gasteiger partial charge in [-0.05, 0) is 19.9 Å². The van der Waals surface area contributed by atoms with Crippen LogP contribution in [0.5, 0.6) is 0 Å². The first kappa shape index (κ1) is 15.0. The van der Waals surface area contributed by atoms with E-state index in [2.05, 4.69) is 0 Å². The number of aliphatic carboxylic acids is 1. The molecule has 5 nitrogen and oxygen atoms in total. The van der Waals surface area contributed by atoms with Crippen molar-refractivity contribution in [1.82, 2.24) is 9.80 Å². The van der Waals surface area contributed by atoms with Crippen LogP contribution in [0.25, 0.3) is 0 Å². The second-order valence-electron chi connectivity index (χ2n) is 5.18. The van der Waals surface area contributed by atoms with Crippen molar-refractivity contribution in [2.45, 2.75) is 44.6 Å². The summed E-state index contributed by atoms with van der Waals surface area (Å²) in [4.78, 5) is 26.1. The van der Waals surface area contributed by atoms with Gasteiger partial charge in [-0.1, -0.05) is 19.3 Å². The lowest BCUT2D eigenvalue weighted by atomic mass is 9.94. The van der Waals surface area contributed by atoms with Crippen LogP contribution in [0.3, 0.4) is 0 Å². The number of hydrogen-bond acceptors (Lipinski definition) is 3. The molecule has 1 fully saturated rings. The quantitative estimate of drug-likeness (QED) is 0.775. The van der Waals surface area contributed by atoms with E-state index in [0.717, 1.165) is 12.8 Å². The van der Waals surface area contributed by atoms with Gasteiger partial charge in [-0.2, -0.15) is 0 Å². The molecule has 1 aliphatic carbocycles. The first-order chi connectivity index (χ1) is 8.50. The summed E-state index contributed by atoms with van der Waals surface area (Å²) < 4.78 is 0. The molecule has 0 aromatic heterocycles. The monoisotopic (exact) mass is 256 g/mol. The smallest absolute Gasteiger partial charge is 0.304 e. The molecule has 0 saturated heterocycles. The molecule has 0 aliphatic heterocycles. The second kappa shape index (κ2) is 7.36. The first-order valence-electron chi connectivity index (χ1n) is 6.66. The summed E-state index contributed by atoms with van der Waals surface area (Å²) in [6.07, 6.45) is 5.96. The van der Waals surface area contributed by atoms with Crippen molar-refractivity contribution in [2.24, 2.45) is 0 Å². The molecular weight excluding hydrogens is 232 g/mol. The third-order valence-corrected chi connectivity index (χ3v) is 3.63. The van der Waals surface area contributed by atoms with Crippen molar-refractivity contribution in [1.29, 1.82) is 0 Å². The summed E-state index contributed by atoms with van der Waals surface area (Å²) >= 11 is 0. The third-order valence-electron chi connectivity index (χ3n) is 3.63. The van der Waals surface area contributed by atoms with Gasteiger partial charge in [0.25, 0.3) is 0 Å². The molecule has 5 heteroatoms. The minimum Gasteiger partial charge on any atom is -0.481 e. The standard InChI is InChI=1S/C13H24N2O3/c1-14(9-8-13(17)18)10-12(16)15(2)11-6-4-3-5-7-11/h11H,3-10H2,1-2H3,(H,17,18). The van der Waals surface area contributed by atoms with Gasteiger partial charge in [-0.15, -0.1) is 0 Å². The maximum Gasteiger partial charge on any atom is 0.304 e. The fraction of sp³-hybridized carbons (Fsp3) is 0.846. The largest absolute Gasteiger partial charge is 0.481 e. The van der Waals surface area contributed by atoms with E-state index in [9.17, 15) is 9.59 Å². The highest BCUT2D eigenvalue weighted by Gasteiger charge is 2.22. The van der Waals surface area contributed by atoms with E-state index in [-0.39, 0.29) is 12.3 Å². The third kappa shape index (κ3) is 5.04. The number of carboxylic acid groups (broad SMARTS) is 1. The topological polar surface area (TPSA) is 60.9 Å². The van der Waals surface area contributed by atoms with Gasteiger partial charge in [-0.3, -0.25) is 14.5 Å². The molecule has 1 amide bonds. The zero-order valence-electron chi connectivity index (χ0n) is 11.4. The van der Waals surface area contributed by atoms with E-state index in [1.54, 1.807) is 11.9 Å². The van der Waals surface area contributed by atoms with Crippen molar-refractivity contribution < 1.29 is 14.7 Å². The van der Waals surface area contributed by atoms with Crippen LogP contribution in [0, 0.1) is 0 Å². The number of amides is 1. The molecule has 1 N–H and O–H groups in total. The number of carbonyl (C=O) groups excluding carboxylic acids is 1. The molecule has 0 aromatic rings. The summed E-state index contributed by atoms with van der Waals surface area (Å²) in [7, 11) is 3.65. The summed E-state index contributed by atoms with van der Waals surface area (Å²) in [5, 5.41) is 8.59. The Morgan fingerprint density at radius 1 is 1.17 bits per heavy atom. The SMILES string of the molecule is CN(CCC(=O)O)CC(=O)N(C)C1CCCCC1. The van der Waals surface area contributed by atoms with Gasteiger partial charge in [-0.25, -0.2) is 0 Å². The minimum atomic E-state index is -0.824. The fourth-order valence-electron chi connectivity index (χ4n) is 2.38. The molecule has 1 aliphatic rings. The number of likely N-dealkylation sites (N-methyl/N-ethyl adjacent to an activating group) is 2. The maximum absolute atomic E-state index is 12.0. The minimum absolute atomic E-state index is 0.0803. The summed E-state index contributed by atoms with van der Waals surface area (Å²) in [5.74, 6) is -0.732. The molecule has 0 bridgehead atoms. The van der Waals surface area contributed by atoms with E-state index in [0.29, 0.717) is 19.1 Å². The Labute approximate surface area is 109 Å². The molecule has 1 saturated carbocycles. The molecule has 1 rings (SSSR count). The van der Waals surface area contributed by atoms with E-state index in [1.165, 1.54) is 19.3 Å². The zero-order chi connectivity index (χ0) is 13.5. The van der Waals surface area contributed by atoms with E-state index < -0.39 is 5.97 Å². The van der Waals surface area contributed by atoms with Crippen molar-refractivity contribution >= 4 is 11.9 Å². The Kier molecular flexibility index (Phi) is 6.12. The normalized spacial score (nSPS) is 16.8. The van der Waals surface area contributed by atoms with E-state index in [4.69, 9.17) is 5.11 Å². The van der Waals surface area contributed by atoms with Crippen molar-refractivity contribution in [3.05, 3.63) is 0 Å². The Balaban J connectivity index is 2.31. The lowest BCUT2D eigenvalue weighted by Gasteiger charge is -2.32. The average molecular weight is 256 g/mol. The van der Waals surface area contributed by atoms with Crippen molar-refractivity contribution in [3.63, 3.8) is 0 Å².